The van der Waals surface area contributed by atoms with E-state index in [0.29, 0.717) is 13.2 Å². The molecule has 1 heterocycles. The monoisotopic (exact) mass is 411 g/mol. The minimum atomic E-state index is -0.219. The van der Waals surface area contributed by atoms with Crippen molar-refractivity contribution in [3.05, 3.63) is 56.0 Å². The molecule has 21 heavy (non-hydrogen) atoms. The molecule has 0 saturated heterocycles. The fourth-order valence-corrected chi connectivity index (χ4v) is 3.52. The number of hydrogen-bond acceptors (Lipinski definition) is 3. The van der Waals surface area contributed by atoms with E-state index in [4.69, 9.17) is 15.2 Å². The Morgan fingerprint density at radius 2 is 1.67 bits per heavy atom. The molecule has 0 bridgehead atoms. The molecule has 0 spiro atoms. The molecule has 2 N–H and O–H groups in total. The summed E-state index contributed by atoms with van der Waals surface area (Å²) in [7, 11) is 0. The Labute approximate surface area is 140 Å². The minimum Gasteiger partial charge on any atom is -0.486 e. The molecule has 1 atom stereocenters. The van der Waals surface area contributed by atoms with E-state index in [2.05, 4.69) is 44.8 Å². The third-order valence-electron chi connectivity index (χ3n) is 3.56. The molecular weight excluding hydrogens is 398 g/mol. The number of rotatable bonds is 2. The van der Waals surface area contributed by atoms with E-state index in [1.807, 2.05) is 24.3 Å². The summed E-state index contributed by atoms with van der Waals surface area (Å²) in [5.74, 6) is 1.52. The first-order chi connectivity index (χ1) is 10.1. The van der Waals surface area contributed by atoms with Crippen LogP contribution in [0.5, 0.6) is 11.5 Å². The summed E-state index contributed by atoms with van der Waals surface area (Å²) in [5.41, 5.74) is 9.69. The average Bonchev–Trinajstić information content (AvgIpc) is 2.46. The van der Waals surface area contributed by atoms with E-state index in [1.165, 1.54) is 0 Å². The van der Waals surface area contributed by atoms with Crippen LogP contribution in [0.25, 0.3) is 0 Å². The molecule has 1 aliphatic rings. The van der Waals surface area contributed by atoms with Gasteiger partial charge in [-0.3, -0.25) is 0 Å². The zero-order chi connectivity index (χ0) is 15.0. The van der Waals surface area contributed by atoms with Crippen molar-refractivity contribution in [1.29, 1.82) is 0 Å². The van der Waals surface area contributed by atoms with Gasteiger partial charge in [-0.2, -0.15) is 0 Å². The summed E-state index contributed by atoms with van der Waals surface area (Å²) >= 11 is 7.07. The van der Waals surface area contributed by atoms with E-state index < -0.39 is 0 Å². The standard InChI is InChI=1S/C16H15Br2NO2/c1-9-6-10(17)2-3-11(9)16(19)12-7-14-15(8-13(12)18)21-5-4-20-14/h2-3,6-8,16H,4-5,19H2,1H3. The van der Waals surface area contributed by atoms with Crippen LogP contribution in [0, 0.1) is 6.92 Å². The smallest absolute Gasteiger partial charge is 0.162 e. The minimum absolute atomic E-state index is 0.219. The van der Waals surface area contributed by atoms with Gasteiger partial charge in [0.25, 0.3) is 0 Å². The molecule has 0 radical (unpaired) electrons. The van der Waals surface area contributed by atoms with Gasteiger partial charge < -0.3 is 15.2 Å². The first kappa shape index (κ1) is 14.9. The van der Waals surface area contributed by atoms with Crippen LogP contribution in [0.15, 0.2) is 39.3 Å². The summed E-state index contributed by atoms with van der Waals surface area (Å²) in [5, 5.41) is 0. The maximum absolute atomic E-state index is 6.46. The summed E-state index contributed by atoms with van der Waals surface area (Å²) in [6, 6.07) is 9.80. The lowest BCUT2D eigenvalue weighted by atomic mass is 9.95. The Hall–Kier alpha value is -1.04. The molecule has 5 heteroatoms. The van der Waals surface area contributed by atoms with Crippen molar-refractivity contribution in [3.8, 4) is 11.5 Å². The molecule has 110 valence electrons. The van der Waals surface area contributed by atoms with E-state index in [9.17, 15) is 0 Å². The van der Waals surface area contributed by atoms with Gasteiger partial charge in [-0.05, 0) is 47.9 Å². The first-order valence-corrected chi connectivity index (χ1v) is 8.25. The van der Waals surface area contributed by atoms with Gasteiger partial charge in [-0.15, -0.1) is 0 Å². The fourth-order valence-electron chi connectivity index (χ4n) is 2.47. The maximum atomic E-state index is 6.46. The molecular formula is C16H15Br2NO2. The number of aryl methyl sites for hydroxylation is 1. The van der Waals surface area contributed by atoms with Gasteiger partial charge in [-0.1, -0.05) is 37.9 Å². The summed E-state index contributed by atoms with van der Waals surface area (Å²) in [6.45, 7) is 3.21. The average molecular weight is 413 g/mol. The molecule has 1 unspecified atom stereocenters. The van der Waals surface area contributed by atoms with E-state index in [-0.39, 0.29) is 6.04 Å². The Balaban J connectivity index is 2.03. The van der Waals surface area contributed by atoms with Gasteiger partial charge in [0.1, 0.15) is 13.2 Å². The number of hydrogen-bond donors (Lipinski definition) is 1. The van der Waals surface area contributed by atoms with Crippen molar-refractivity contribution < 1.29 is 9.47 Å². The largest absolute Gasteiger partial charge is 0.486 e. The number of halogens is 2. The molecule has 0 amide bonds. The molecule has 3 nitrogen and oxygen atoms in total. The highest BCUT2D eigenvalue weighted by Gasteiger charge is 2.20. The van der Waals surface area contributed by atoms with Gasteiger partial charge in [0, 0.05) is 8.95 Å². The van der Waals surface area contributed by atoms with Crippen LogP contribution in [0.4, 0.5) is 0 Å². The van der Waals surface area contributed by atoms with Crippen molar-refractivity contribution in [1.82, 2.24) is 0 Å². The second-order valence-corrected chi connectivity index (χ2v) is 6.77. The summed E-state index contributed by atoms with van der Waals surface area (Å²) < 4.78 is 13.2. The molecule has 0 saturated carbocycles. The zero-order valence-electron chi connectivity index (χ0n) is 11.5. The van der Waals surface area contributed by atoms with Crippen molar-refractivity contribution in [2.45, 2.75) is 13.0 Å². The van der Waals surface area contributed by atoms with E-state index in [0.717, 1.165) is 37.1 Å². The van der Waals surface area contributed by atoms with Crippen LogP contribution in [0.1, 0.15) is 22.7 Å². The van der Waals surface area contributed by atoms with Gasteiger partial charge in [0.2, 0.25) is 0 Å². The Bertz CT molecular complexity index is 688. The van der Waals surface area contributed by atoms with Gasteiger partial charge >= 0.3 is 0 Å². The van der Waals surface area contributed by atoms with Crippen molar-refractivity contribution in [3.63, 3.8) is 0 Å². The lowest BCUT2D eigenvalue weighted by molar-refractivity contribution is 0.171. The Kier molecular flexibility index (Phi) is 4.24. The van der Waals surface area contributed by atoms with Crippen LogP contribution >= 0.6 is 31.9 Å². The molecule has 2 aromatic carbocycles. The van der Waals surface area contributed by atoms with Crippen LogP contribution in [-0.4, -0.2) is 13.2 Å². The second-order valence-electron chi connectivity index (χ2n) is 5.00. The van der Waals surface area contributed by atoms with E-state index >= 15 is 0 Å². The SMILES string of the molecule is Cc1cc(Br)ccc1C(N)c1cc2c(cc1Br)OCCO2. The molecule has 0 fully saturated rings. The lowest BCUT2D eigenvalue weighted by Gasteiger charge is -2.23. The summed E-state index contributed by atoms with van der Waals surface area (Å²) in [4.78, 5) is 0. The predicted molar refractivity (Wildman–Crippen MR) is 90.0 cm³/mol. The van der Waals surface area contributed by atoms with Gasteiger partial charge in [0.05, 0.1) is 6.04 Å². The topological polar surface area (TPSA) is 44.5 Å². The van der Waals surface area contributed by atoms with E-state index in [1.54, 1.807) is 0 Å². The lowest BCUT2D eigenvalue weighted by Crippen LogP contribution is -2.18. The Morgan fingerprint density at radius 1 is 1.00 bits per heavy atom. The number of ether oxygens (including phenoxy) is 2. The molecule has 1 aliphatic heterocycles. The molecule has 0 aliphatic carbocycles. The second kappa shape index (κ2) is 5.99. The number of benzene rings is 2. The highest BCUT2D eigenvalue weighted by Crippen LogP contribution is 2.39. The van der Waals surface area contributed by atoms with Crippen LogP contribution < -0.4 is 15.2 Å². The molecule has 2 aromatic rings. The first-order valence-electron chi connectivity index (χ1n) is 6.67. The molecule has 3 rings (SSSR count). The van der Waals surface area contributed by atoms with Gasteiger partial charge in [-0.25, -0.2) is 0 Å². The molecule has 0 aromatic heterocycles. The fraction of sp³-hybridized carbons (Fsp3) is 0.250. The van der Waals surface area contributed by atoms with Crippen molar-refractivity contribution >= 4 is 31.9 Å². The Morgan fingerprint density at radius 3 is 2.33 bits per heavy atom. The third-order valence-corrected chi connectivity index (χ3v) is 4.74. The van der Waals surface area contributed by atoms with Crippen molar-refractivity contribution in [2.24, 2.45) is 5.73 Å². The van der Waals surface area contributed by atoms with Gasteiger partial charge in [0.15, 0.2) is 11.5 Å². The predicted octanol–water partition coefficient (Wildman–Crippen LogP) is 4.34. The quantitative estimate of drug-likeness (QED) is 0.797. The normalized spacial score (nSPS) is 14.9. The maximum Gasteiger partial charge on any atom is 0.162 e. The zero-order valence-corrected chi connectivity index (χ0v) is 14.7. The number of nitrogens with two attached hydrogens (primary N) is 1. The highest BCUT2D eigenvalue weighted by atomic mass is 79.9. The number of fused-ring (bicyclic) bond motifs is 1. The highest BCUT2D eigenvalue weighted by molar-refractivity contribution is 9.10. The third kappa shape index (κ3) is 2.96. The van der Waals surface area contributed by atoms with Crippen LogP contribution in [0.3, 0.4) is 0 Å². The van der Waals surface area contributed by atoms with Crippen LogP contribution in [0.2, 0.25) is 0 Å². The van der Waals surface area contributed by atoms with Crippen molar-refractivity contribution in [2.75, 3.05) is 13.2 Å². The summed E-state index contributed by atoms with van der Waals surface area (Å²) in [6.07, 6.45) is 0. The van der Waals surface area contributed by atoms with Crippen LogP contribution in [-0.2, 0) is 0 Å².